The van der Waals surface area contributed by atoms with Gasteiger partial charge in [-0.15, -0.1) is 0 Å². The van der Waals surface area contributed by atoms with Gasteiger partial charge in [-0.05, 0) is 56.7 Å². The Hall–Kier alpha value is -5.55. The van der Waals surface area contributed by atoms with Crippen LogP contribution < -0.4 is 24.4 Å². The second-order valence-electron chi connectivity index (χ2n) is 10.9. The molecule has 3 aromatic carbocycles. The molecule has 0 N–H and O–H groups in total. The van der Waals surface area contributed by atoms with Crippen molar-refractivity contribution in [2.75, 3.05) is 13.7 Å². The molecule has 1 aliphatic rings. The van der Waals surface area contributed by atoms with Gasteiger partial charge in [-0.2, -0.15) is 5.10 Å². The van der Waals surface area contributed by atoms with Gasteiger partial charge in [0.25, 0.3) is 5.56 Å². The number of ether oxygens (including phenoxy) is 3. The molecule has 0 fully saturated rings. The van der Waals surface area contributed by atoms with E-state index < -0.39 is 18.0 Å². The van der Waals surface area contributed by atoms with Crippen molar-refractivity contribution in [2.24, 2.45) is 4.99 Å². The molecular weight excluding hydrogens is 616 g/mol. The molecular formula is C36H32N4O6S. The van der Waals surface area contributed by atoms with Crippen molar-refractivity contribution in [1.82, 2.24) is 14.3 Å². The van der Waals surface area contributed by atoms with Crippen molar-refractivity contribution in [2.45, 2.75) is 33.7 Å². The average Bonchev–Trinajstić information content (AvgIpc) is 3.61. The maximum atomic E-state index is 14.4. The second kappa shape index (κ2) is 13.1. The number of aryl methyl sites for hydroxylation is 1. The summed E-state index contributed by atoms with van der Waals surface area (Å²) in [6.07, 6.45) is 3.71. The van der Waals surface area contributed by atoms with Crippen LogP contribution in [-0.2, 0) is 14.3 Å². The Morgan fingerprint density at radius 3 is 2.43 bits per heavy atom. The third-order valence-electron chi connectivity index (χ3n) is 7.65. The third kappa shape index (κ3) is 6.17. The monoisotopic (exact) mass is 648 g/mol. The summed E-state index contributed by atoms with van der Waals surface area (Å²) in [5.41, 5.74) is 5.24. The Bertz CT molecular complexity index is 2210. The minimum absolute atomic E-state index is 0.147. The molecule has 0 amide bonds. The van der Waals surface area contributed by atoms with Crippen molar-refractivity contribution in [3.63, 3.8) is 0 Å². The van der Waals surface area contributed by atoms with Gasteiger partial charge in [0.2, 0.25) is 0 Å². The highest BCUT2D eigenvalue weighted by molar-refractivity contribution is 7.07. The minimum Gasteiger partial charge on any atom is -0.493 e. The molecule has 0 spiro atoms. The number of nitrogens with zero attached hydrogens (tertiary/aromatic N) is 4. The summed E-state index contributed by atoms with van der Waals surface area (Å²) in [6.45, 7) is 6.91. The molecule has 3 heterocycles. The normalized spacial score (nSPS) is 14.4. The zero-order valence-electron chi connectivity index (χ0n) is 26.5. The maximum Gasteiger partial charge on any atom is 0.338 e. The summed E-state index contributed by atoms with van der Waals surface area (Å²) in [5.74, 6) is -0.600. The van der Waals surface area contributed by atoms with E-state index in [1.165, 1.54) is 29.9 Å². The molecule has 0 saturated heterocycles. The molecule has 0 aliphatic carbocycles. The van der Waals surface area contributed by atoms with Gasteiger partial charge in [0.1, 0.15) is 0 Å². The fraction of sp³-hybridized carbons (Fsp3) is 0.194. The van der Waals surface area contributed by atoms with E-state index in [1.54, 1.807) is 36.7 Å². The fourth-order valence-electron chi connectivity index (χ4n) is 5.48. The number of rotatable bonds is 8. The predicted molar refractivity (Wildman–Crippen MR) is 178 cm³/mol. The SMILES string of the molecule is CCOC(=O)C1=C(C)N=c2s/c(=C\c3cn(-c4ccccc4)nc3-c3ccc(C)cc3)c(=O)n2[C@@H]1c1ccc(OC(C)=O)c(OC)c1. The van der Waals surface area contributed by atoms with E-state index in [0.717, 1.165) is 22.4 Å². The summed E-state index contributed by atoms with van der Waals surface area (Å²) >= 11 is 1.22. The molecule has 0 saturated carbocycles. The van der Waals surface area contributed by atoms with Gasteiger partial charge in [0.15, 0.2) is 16.3 Å². The number of carbonyl (C=O) groups excluding carboxylic acids is 2. The van der Waals surface area contributed by atoms with Crippen molar-refractivity contribution >= 4 is 29.4 Å². The predicted octanol–water partition coefficient (Wildman–Crippen LogP) is 4.89. The Labute approximate surface area is 274 Å². The lowest BCUT2D eigenvalue weighted by Crippen LogP contribution is -2.40. The number of aromatic nitrogens is 3. The number of methoxy groups -OCH3 is 1. The lowest BCUT2D eigenvalue weighted by molar-refractivity contribution is -0.139. The number of hydrogen-bond donors (Lipinski definition) is 0. The van der Waals surface area contributed by atoms with Crippen LogP contribution in [0.3, 0.4) is 0 Å². The van der Waals surface area contributed by atoms with Crippen molar-refractivity contribution in [3.05, 3.63) is 127 Å². The lowest BCUT2D eigenvalue weighted by atomic mass is 9.95. The Balaban J connectivity index is 1.56. The highest BCUT2D eigenvalue weighted by Crippen LogP contribution is 2.36. The summed E-state index contributed by atoms with van der Waals surface area (Å²) in [6, 6.07) is 21.9. The van der Waals surface area contributed by atoms with Crippen LogP contribution in [0.25, 0.3) is 23.0 Å². The molecule has 238 valence electrons. The van der Waals surface area contributed by atoms with Crippen molar-refractivity contribution in [3.8, 4) is 28.4 Å². The molecule has 1 aliphatic heterocycles. The first-order chi connectivity index (χ1) is 22.7. The number of hydrogen-bond acceptors (Lipinski definition) is 9. The molecule has 5 aromatic rings. The average molecular weight is 649 g/mol. The van der Waals surface area contributed by atoms with Gasteiger partial charge in [-0.1, -0.05) is 65.4 Å². The van der Waals surface area contributed by atoms with Crippen LogP contribution in [0.2, 0.25) is 0 Å². The van der Waals surface area contributed by atoms with E-state index in [9.17, 15) is 14.4 Å². The standard InChI is InChI=1S/C36H32N4O6S/c1-6-45-35(43)31-22(3)37-36-40(33(31)25-16-17-28(46-23(4)41)29(18-25)44-5)34(42)30(47-36)19-26-20-39(27-10-8-7-9-11-27)38-32(26)24-14-12-21(2)13-15-24/h7-20,33H,6H2,1-5H3/b30-19-/t33-/m1/s1. The Morgan fingerprint density at radius 1 is 1.00 bits per heavy atom. The van der Waals surface area contributed by atoms with Crippen LogP contribution in [0.4, 0.5) is 0 Å². The number of thiazole rings is 1. The van der Waals surface area contributed by atoms with Crippen LogP contribution >= 0.6 is 11.3 Å². The number of allylic oxidation sites excluding steroid dienone is 1. The summed E-state index contributed by atoms with van der Waals surface area (Å²) in [5, 5.41) is 4.90. The van der Waals surface area contributed by atoms with E-state index in [1.807, 2.05) is 73.8 Å². The first-order valence-corrected chi connectivity index (χ1v) is 15.8. The molecule has 6 rings (SSSR count). The van der Waals surface area contributed by atoms with E-state index in [0.29, 0.717) is 26.3 Å². The fourth-order valence-corrected chi connectivity index (χ4v) is 6.52. The third-order valence-corrected chi connectivity index (χ3v) is 8.63. The van der Waals surface area contributed by atoms with E-state index in [-0.39, 0.29) is 29.2 Å². The van der Waals surface area contributed by atoms with E-state index in [2.05, 4.69) is 0 Å². The molecule has 11 heteroatoms. The molecule has 0 radical (unpaired) electrons. The summed E-state index contributed by atoms with van der Waals surface area (Å²) in [4.78, 5) is 44.5. The van der Waals surface area contributed by atoms with Gasteiger partial charge in [-0.3, -0.25) is 14.2 Å². The zero-order chi connectivity index (χ0) is 33.2. The number of carbonyl (C=O) groups is 2. The highest BCUT2D eigenvalue weighted by Gasteiger charge is 2.34. The molecule has 0 unspecified atom stereocenters. The second-order valence-corrected chi connectivity index (χ2v) is 11.9. The summed E-state index contributed by atoms with van der Waals surface area (Å²) in [7, 11) is 1.45. The van der Waals surface area contributed by atoms with Gasteiger partial charge in [0, 0.05) is 24.2 Å². The van der Waals surface area contributed by atoms with Crippen molar-refractivity contribution < 1.29 is 23.8 Å². The zero-order valence-corrected chi connectivity index (χ0v) is 27.3. The summed E-state index contributed by atoms with van der Waals surface area (Å²) < 4.78 is 19.9. The van der Waals surface area contributed by atoms with Crippen LogP contribution in [0.15, 0.2) is 100 Å². The maximum absolute atomic E-state index is 14.4. The number of benzene rings is 3. The van der Waals surface area contributed by atoms with Gasteiger partial charge in [-0.25, -0.2) is 14.5 Å². The molecule has 2 aromatic heterocycles. The largest absolute Gasteiger partial charge is 0.493 e. The molecule has 10 nitrogen and oxygen atoms in total. The minimum atomic E-state index is -0.878. The molecule has 0 bridgehead atoms. The van der Waals surface area contributed by atoms with Gasteiger partial charge < -0.3 is 14.2 Å². The van der Waals surface area contributed by atoms with Gasteiger partial charge >= 0.3 is 11.9 Å². The molecule has 1 atom stereocenters. The van der Waals surface area contributed by atoms with Crippen LogP contribution in [-0.4, -0.2) is 40.0 Å². The topological polar surface area (TPSA) is 114 Å². The number of fused-ring (bicyclic) bond motifs is 1. The Kier molecular flexibility index (Phi) is 8.73. The first kappa shape index (κ1) is 31.4. The lowest BCUT2D eigenvalue weighted by Gasteiger charge is -2.25. The first-order valence-electron chi connectivity index (χ1n) is 15.0. The smallest absolute Gasteiger partial charge is 0.338 e. The van der Waals surface area contributed by atoms with Gasteiger partial charge in [0.05, 0.1) is 46.9 Å². The highest BCUT2D eigenvalue weighted by atomic mass is 32.1. The quantitative estimate of drug-likeness (QED) is 0.174. The van der Waals surface area contributed by atoms with Crippen LogP contribution in [0, 0.1) is 6.92 Å². The molecule has 47 heavy (non-hydrogen) atoms. The van der Waals surface area contributed by atoms with Crippen molar-refractivity contribution in [1.29, 1.82) is 0 Å². The van der Waals surface area contributed by atoms with Crippen LogP contribution in [0.5, 0.6) is 11.5 Å². The van der Waals surface area contributed by atoms with Crippen LogP contribution in [0.1, 0.15) is 43.5 Å². The van der Waals surface area contributed by atoms with E-state index in [4.69, 9.17) is 24.3 Å². The van der Waals surface area contributed by atoms with E-state index >= 15 is 0 Å². The Morgan fingerprint density at radius 2 is 1.74 bits per heavy atom. The number of para-hydroxylation sites is 1. The number of esters is 2.